The summed E-state index contributed by atoms with van der Waals surface area (Å²) in [4.78, 5) is 6.88. The Morgan fingerprint density at radius 3 is 2.60 bits per heavy atom. The molecular weight excluding hydrogens is 308 g/mol. The first kappa shape index (κ1) is 15.9. The van der Waals surface area contributed by atoms with Crippen molar-refractivity contribution in [1.82, 2.24) is 9.88 Å². The van der Waals surface area contributed by atoms with Gasteiger partial charge >= 0.3 is 0 Å². The van der Waals surface area contributed by atoms with E-state index in [1.54, 1.807) is 0 Å². The largest absolute Gasteiger partial charge is 0.437 e. The van der Waals surface area contributed by atoms with Crippen LogP contribution in [-0.2, 0) is 5.54 Å². The van der Waals surface area contributed by atoms with Crippen LogP contribution in [0.4, 0.5) is 0 Å². The van der Waals surface area contributed by atoms with E-state index in [0.717, 1.165) is 34.2 Å². The molecule has 0 amide bonds. The maximum absolute atomic E-state index is 6.27. The highest BCUT2D eigenvalue weighted by Gasteiger charge is 2.34. The summed E-state index contributed by atoms with van der Waals surface area (Å²) in [6, 6.07) is 8.50. The highest BCUT2D eigenvalue weighted by molar-refractivity contribution is 6.05. The van der Waals surface area contributed by atoms with Gasteiger partial charge in [0.1, 0.15) is 5.58 Å². The minimum absolute atomic E-state index is 0.245. The number of likely N-dealkylation sites (N-methyl/N-ethyl adjacent to an activating group) is 1. The molecule has 25 heavy (non-hydrogen) atoms. The fraction of sp³-hybridized carbons (Fsp3) is 0.318. The highest BCUT2D eigenvalue weighted by atomic mass is 16.3. The summed E-state index contributed by atoms with van der Waals surface area (Å²) in [7, 11) is 2.14. The van der Waals surface area contributed by atoms with E-state index < -0.39 is 0 Å². The molecule has 3 nitrogen and oxygen atoms in total. The minimum atomic E-state index is -0.245. The van der Waals surface area contributed by atoms with E-state index in [0.29, 0.717) is 0 Å². The normalized spacial score (nSPS) is 20.5. The average Bonchev–Trinajstić information content (AvgIpc) is 2.94. The number of aromatic nitrogens is 1. The molecule has 1 unspecified atom stereocenters. The molecule has 1 aromatic carbocycles. The van der Waals surface area contributed by atoms with Crippen molar-refractivity contribution >= 4 is 22.1 Å². The van der Waals surface area contributed by atoms with Gasteiger partial charge in [-0.15, -0.1) is 0 Å². The zero-order valence-corrected chi connectivity index (χ0v) is 15.6. The minimum Gasteiger partial charge on any atom is -0.437 e. The molecule has 1 atom stereocenters. The number of fused-ring (bicyclic) bond motifs is 3. The zero-order chi connectivity index (χ0) is 17.8. The van der Waals surface area contributed by atoms with E-state index in [1.165, 1.54) is 16.7 Å². The molecule has 0 N–H and O–H groups in total. The first-order valence-corrected chi connectivity index (χ1v) is 8.87. The van der Waals surface area contributed by atoms with E-state index in [2.05, 4.69) is 74.3 Å². The maximum Gasteiger partial charge on any atom is 0.227 e. The van der Waals surface area contributed by atoms with Crippen molar-refractivity contribution in [2.45, 2.75) is 39.7 Å². The van der Waals surface area contributed by atoms with Crippen molar-refractivity contribution in [2.24, 2.45) is 0 Å². The number of benzene rings is 1. The summed E-state index contributed by atoms with van der Waals surface area (Å²) >= 11 is 0. The number of allylic oxidation sites excluding steroid dienone is 2. The second kappa shape index (κ2) is 5.48. The van der Waals surface area contributed by atoms with Crippen LogP contribution in [0.1, 0.15) is 37.1 Å². The van der Waals surface area contributed by atoms with Crippen LogP contribution in [0.3, 0.4) is 0 Å². The number of aryl methyl sites for hydroxylation is 2. The molecule has 1 aliphatic rings. The molecule has 4 rings (SSSR count). The van der Waals surface area contributed by atoms with Crippen LogP contribution < -0.4 is 0 Å². The summed E-state index contributed by atoms with van der Waals surface area (Å²) in [5, 5.41) is 2.22. The molecule has 3 heterocycles. The van der Waals surface area contributed by atoms with Crippen LogP contribution in [0.25, 0.3) is 22.1 Å². The van der Waals surface area contributed by atoms with Crippen LogP contribution in [0, 0.1) is 13.8 Å². The van der Waals surface area contributed by atoms with Gasteiger partial charge in [0.25, 0.3) is 0 Å². The monoisotopic (exact) mass is 332 g/mol. The molecule has 0 aliphatic carbocycles. The smallest absolute Gasteiger partial charge is 0.227 e. The first-order chi connectivity index (χ1) is 11.9. The Balaban J connectivity index is 2.01. The number of rotatable bonds is 2. The number of furan rings is 1. The lowest BCUT2D eigenvalue weighted by atomic mass is 9.83. The number of hydrogen-bond donors (Lipinski definition) is 0. The van der Waals surface area contributed by atoms with Gasteiger partial charge in [0.2, 0.25) is 5.71 Å². The third kappa shape index (κ3) is 2.30. The Labute approximate surface area is 148 Å². The van der Waals surface area contributed by atoms with Gasteiger partial charge in [-0.3, -0.25) is 0 Å². The van der Waals surface area contributed by atoms with Gasteiger partial charge < -0.3 is 9.32 Å². The molecule has 0 bridgehead atoms. The van der Waals surface area contributed by atoms with Crippen LogP contribution in [0.2, 0.25) is 0 Å². The average molecular weight is 332 g/mol. The fourth-order valence-electron chi connectivity index (χ4n) is 3.82. The fourth-order valence-corrected chi connectivity index (χ4v) is 3.82. The van der Waals surface area contributed by atoms with Crippen molar-refractivity contribution in [1.29, 1.82) is 0 Å². The van der Waals surface area contributed by atoms with Crippen LogP contribution in [-0.4, -0.2) is 16.9 Å². The molecule has 128 valence electrons. The van der Waals surface area contributed by atoms with Crippen molar-refractivity contribution in [3.63, 3.8) is 0 Å². The Morgan fingerprint density at radius 2 is 1.88 bits per heavy atom. The van der Waals surface area contributed by atoms with Crippen molar-refractivity contribution in [3.8, 4) is 0 Å². The SMILES string of the molecule is CCC1=CN(C)C(C)(c2c(C)ccc3c2oc2nc(C)ccc23)C=C1. The Kier molecular flexibility index (Phi) is 3.50. The molecule has 0 saturated carbocycles. The Hall–Kier alpha value is -2.55. The van der Waals surface area contributed by atoms with Gasteiger partial charge in [-0.1, -0.05) is 31.2 Å². The molecule has 0 fully saturated rings. The summed E-state index contributed by atoms with van der Waals surface area (Å²) in [6.07, 6.45) is 7.81. The zero-order valence-electron chi connectivity index (χ0n) is 15.6. The Bertz CT molecular complexity index is 1040. The number of nitrogens with zero attached hydrogens (tertiary/aromatic N) is 2. The van der Waals surface area contributed by atoms with Crippen LogP contribution >= 0.6 is 0 Å². The van der Waals surface area contributed by atoms with Gasteiger partial charge in [0, 0.05) is 35.3 Å². The highest BCUT2D eigenvalue weighted by Crippen LogP contribution is 2.42. The third-order valence-electron chi connectivity index (χ3n) is 5.48. The summed E-state index contributed by atoms with van der Waals surface area (Å²) in [6.45, 7) is 8.59. The second-order valence-corrected chi connectivity index (χ2v) is 7.19. The summed E-state index contributed by atoms with van der Waals surface area (Å²) in [5.74, 6) is 0. The predicted octanol–water partition coefficient (Wildman–Crippen LogP) is 5.61. The van der Waals surface area contributed by atoms with Crippen molar-refractivity contribution in [2.75, 3.05) is 7.05 Å². The standard InChI is InChI=1S/C22H24N2O/c1-6-16-11-12-22(4,24(5)13-16)19-14(2)7-9-17-18-10-8-15(3)23-21(18)25-20(17)19/h7-13H,6H2,1-5H3. The van der Waals surface area contributed by atoms with Gasteiger partial charge in [0.05, 0.1) is 5.54 Å². The quantitative estimate of drug-likeness (QED) is 0.611. The molecule has 0 radical (unpaired) electrons. The van der Waals surface area contributed by atoms with E-state index in [9.17, 15) is 0 Å². The lowest BCUT2D eigenvalue weighted by Crippen LogP contribution is -2.38. The van der Waals surface area contributed by atoms with Gasteiger partial charge in [-0.25, -0.2) is 4.98 Å². The lowest BCUT2D eigenvalue weighted by Gasteiger charge is -2.40. The van der Waals surface area contributed by atoms with E-state index in [4.69, 9.17) is 4.42 Å². The number of hydrogen-bond acceptors (Lipinski definition) is 3. The predicted molar refractivity (Wildman–Crippen MR) is 104 cm³/mol. The molecule has 0 saturated heterocycles. The van der Waals surface area contributed by atoms with E-state index >= 15 is 0 Å². The molecule has 0 spiro atoms. The second-order valence-electron chi connectivity index (χ2n) is 7.19. The Morgan fingerprint density at radius 1 is 1.12 bits per heavy atom. The van der Waals surface area contributed by atoms with Gasteiger partial charge in [-0.05, 0) is 50.5 Å². The van der Waals surface area contributed by atoms with Gasteiger partial charge in [0.15, 0.2) is 0 Å². The maximum atomic E-state index is 6.27. The molecule has 2 aromatic heterocycles. The van der Waals surface area contributed by atoms with Gasteiger partial charge in [-0.2, -0.15) is 0 Å². The topological polar surface area (TPSA) is 29.3 Å². The molecule has 3 aromatic rings. The van der Waals surface area contributed by atoms with E-state index in [-0.39, 0.29) is 5.54 Å². The first-order valence-electron chi connectivity index (χ1n) is 8.87. The third-order valence-corrected chi connectivity index (χ3v) is 5.48. The molecule has 3 heteroatoms. The van der Waals surface area contributed by atoms with Crippen molar-refractivity contribution < 1.29 is 4.42 Å². The van der Waals surface area contributed by atoms with Crippen LogP contribution in [0.5, 0.6) is 0 Å². The van der Waals surface area contributed by atoms with E-state index in [1.807, 2.05) is 13.0 Å². The van der Waals surface area contributed by atoms with Crippen molar-refractivity contribution in [3.05, 3.63) is 65.0 Å². The molecular formula is C22H24N2O. The summed E-state index contributed by atoms with van der Waals surface area (Å²) < 4.78 is 6.27. The number of pyridine rings is 1. The van der Waals surface area contributed by atoms with Crippen LogP contribution in [0.15, 0.2) is 52.6 Å². The lowest BCUT2D eigenvalue weighted by molar-refractivity contribution is 0.258. The summed E-state index contributed by atoms with van der Waals surface area (Å²) in [5.41, 5.74) is 6.18. The molecule has 1 aliphatic heterocycles.